The van der Waals surface area contributed by atoms with Gasteiger partial charge in [0.05, 0.1) is 16.6 Å². The van der Waals surface area contributed by atoms with Crippen LogP contribution in [0, 0.1) is 5.82 Å². The molecule has 1 aliphatic heterocycles. The SMILES string of the molecule is CC(NC(=O)CN1c2cccc3cccc(c23)S1(=O)=O)c1ccc(F)cc1. The van der Waals surface area contributed by atoms with Crippen molar-refractivity contribution in [1.29, 1.82) is 0 Å². The second-order valence-corrected chi connectivity index (χ2v) is 8.31. The molecular formula is C20H17FN2O3S. The minimum Gasteiger partial charge on any atom is -0.348 e. The highest BCUT2D eigenvalue weighted by molar-refractivity contribution is 7.93. The van der Waals surface area contributed by atoms with Crippen molar-refractivity contribution < 1.29 is 17.6 Å². The van der Waals surface area contributed by atoms with Crippen molar-refractivity contribution in [2.75, 3.05) is 10.8 Å². The Morgan fingerprint density at radius 2 is 1.74 bits per heavy atom. The summed E-state index contributed by atoms with van der Waals surface area (Å²) < 4.78 is 40.0. The van der Waals surface area contributed by atoms with Crippen molar-refractivity contribution in [2.24, 2.45) is 0 Å². The highest BCUT2D eigenvalue weighted by Crippen LogP contribution is 2.41. The molecule has 1 unspecified atom stereocenters. The number of benzene rings is 3. The number of carbonyl (C=O) groups excluding carboxylic acids is 1. The average molecular weight is 384 g/mol. The predicted octanol–water partition coefficient (Wildman–Crippen LogP) is 3.37. The first-order valence-electron chi connectivity index (χ1n) is 8.47. The number of anilines is 1. The van der Waals surface area contributed by atoms with Gasteiger partial charge in [0.2, 0.25) is 5.91 Å². The fourth-order valence-electron chi connectivity index (χ4n) is 3.38. The number of hydrogen-bond acceptors (Lipinski definition) is 3. The van der Waals surface area contributed by atoms with E-state index < -0.39 is 15.9 Å². The van der Waals surface area contributed by atoms with E-state index in [2.05, 4.69) is 5.32 Å². The predicted molar refractivity (Wildman–Crippen MR) is 101 cm³/mol. The van der Waals surface area contributed by atoms with Crippen LogP contribution in [-0.2, 0) is 14.8 Å². The lowest BCUT2D eigenvalue weighted by Crippen LogP contribution is -2.39. The number of carbonyl (C=O) groups is 1. The van der Waals surface area contributed by atoms with Crippen molar-refractivity contribution in [1.82, 2.24) is 5.32 Å². The lowest BCUT2D eigenvalue weighted by atomic mass is 10.1. The number of nitrogens with zero attached hydrogens (tertiary/aromatic N) is 1. The molecule has 4 rings (SSSR count). The van der Waals surface area contributed by atoms with Gasteiger partial charge in [-0.25, -0.2) is 12.8 Å². The van der Waals surface area contributed by atoms with Crippen molar-refractivity contribution in [3.05, 3.63) is 72.0 Å². The lowest BCUT2D eigenvalue weighted by molar-refractivity contribution is -0.120. The van der Waals surface area contributed by atoms with Crippen LogP contribution in [0.5, 0.6) is 0 Å². The Labute approximate surface area is 156 Å². The van der Waals surface area contributed by atoms with Crippen LogP contribution in [0.1, 0.15) is 18.5 Å². The molecule has 1 atom stereocenters. The lowest BCUT2D eigenvalue weighted by Gasteiger charge is -2.20. The van der Waals surface area contributed by atoms with E-state index in [-0.39, 0.29) is 23.3 Å². The largest absolute Gasteiger partial charge is 0.348 e. The summed E-state index contributed by atoms with van der Waals surface area (Å²) in [6.07, 6.45) is 0. The molecule has 1 amide bonds. The molecule has 27 heavy (non-hydrogen) atoms. The molecule has 3 aromatic carbocycles. The van der Waals surface area contributed by atoms with Gasteiger partial charge in [0.15, 0.2) is 0 Å². The number of hydrogen-bond donors (Lipinski definition) is 1. The number of nitrogens with one attached hydrogen (secondary N) is 1. The Bertz CT molecular complexity index is 1140. The number of amides is 1. The third-order valence-corrected chi connectivity index (χ3v) is 6.52. The van der Waals surface area contributed by atoms with E-state index >= 15 is 0 Å². The maximum atomic E-state index is 13.0. The van der Waals surface area contributed by atoms with Crippen molar-refractivity contribution in [3.8, 4) is 0 Å². The molecule has 0 aromatic heterocycles. The topological polar surface area (TPSA) is 66.5 Å². The van der Waals surface area contributed by atoms with Crippen LogP contribution >= 0.6 is 0 Å². The summed E-state index contributed by atoms with van der Waals surface area (Å²) >= 11 is 0. The van der Waals surface area contributed by atoms with Gasteiger partial charge in [-0.15, -0.1) is 0 Å². The summed E-state index contributed by atoms with van der Waals surface area (Å²) in [7, 11) is -3.78. The smallest absolute Gasteiger partial charge is 0.265 e. The third-order valence-electron chi connectivity index (χ3n) is 4.72. The molecule has 3 aromatic rings. The van der Waals surface area contributed by atoms with Gasteiger partial charge in [0.1, 0.15) is 12.4 Å². The molecule has 0 radical (unpaired) electrons. The van der Waals surface area contributed by atoms with Crippen molar-refractivity contribution in [3.63, 3.8) is 0 Å². The zero-order valence-electron chi connectivity index (χ0n) is 14.5. The fraction of sp³-hybridized carbons (Fsp3) is 0.150. The minimum atomic E-state index is -3.78. The molecule has 5 nitrogen and oxygen atoms in total. The molecule has 0 saturated carbocycles. The van der Waals surface area contributed by atoms with E-state index in [1.165, 1.54) is 12.1 Å². The summed E-state index contributed by atoms with van der Waals surface area (Å²) in [4.78, 5) is 12.7. The molecule has 1 aliphatic rings. The van der Waals surface area contributed by atoms with Crippen LogP contribution in [0.2, 0.25) is 0 Å². The van der Waals surface area contributed by atoms with Crippen molar-refractivity contribution >= 4 is 32.4 Å². The van der Waals surface area contributed by atoms with E-state index in [1.807, 2.05) is 12.1 Å². The van der Waals surface area contributed by atoms with Gasteiger partial charge >= 0.3 is 0 Å². The monoisotopic (exact) mass is 384 g/mol. The molecule has 138 valence electrons. The van der Waals surface area contributed by atoms with Crippen molar-refractivity contribution in [2.45, 2.75) is 17.9 Å². The zero-order valence-corrected chi connectivity index (χ0v) is 15.3. The zero-order chi connectivity index (χ0) is 19.2. The summed E-state index contributed by atoms with van der Waals surface area (Å²) in [5.41, 5.74) is 1.24. The van der Waals surface area contributed by atoms with E-state index in [9.17, 15) is 17.6 Å². The standard InChI is InChI=1S/C20H17FN2O3S/c1-13(14-8-10-16(21)11-9-14)22-19(24)12-23-17-6-2-4-15-5-3-7-18(20(15)17)27(23,25)26/h2-11,13H,12H2,1H3,(H,22,24). The van der Waals surface area contributed by atoms with Gasteiger partial charge in [-0.1, -0.05) is 36.4 Å². The first-order chi connectivity index (χ1) is 12.9. The van der Waals surface area contributed by atoms with Gasteiger partial charge in [0.25, 0.3) is 10.0 Å². The first kappa shape index (κ1) is 17.5. The summed E-state index contributed by atoms with van der Waals surface area (Å²) in [5.74, 6) is -0.786. The van der Waals surface area contributed by atoms with Crippen LogP contribution in [0.4, 0.5) is 10.1 Å². The quantitative estimate of drug-likeness (QED) is 0.750. The third kappa shape index (κ3) is 2.94. The van der Waals surface area contributed by atoms with Gasteiger partial charge < -0.3 is 5.32 Å². The molecule has 1 N–H and O–H groups in total. The summed E-state index contributed by atoms with van der Waals surface area (Å²) in [6.45, 7) is 1.45. The molecule has 7 heteroatoms. The number of sulfonamides is 1. The van der Waals surface area contributed by atoms with Crippen LogP contribution in [0.25, 0.3) is 10.8 Å². The van der Waals surface area contributed by atoms with Gasteiger partial charge in [-0.2, -0.15) is 0 Å². The van der Waals surface area contributed by atoms with E-state index in [4.69, 9.17) is 0 Å². The molecule has 0 fully saturated rings. The van der Waals surface area contributed by atoms with Gasteiger partial charge in [-0.05, 0) is 42.1 Å². The first-order valence-corrected chi connectivity index (χ1v) is 9.91. The summed E-state index contributed by atoms with van der Waals surface area (Å²) in [6, 6.07) is 15.9. The maximum Gasteiger partial charge on any atom is 0.265 e. The van der Waals surface area contributed by atoms with Crippen LogP contribution in [-0.4, -0.2) is 20.9 Å². The molecular weight excluding hydrogens is 367 g/mol. The maximum absolute atomic E-state index is 13.0. The average Bonchev–Trinajstić information content (AvgIpc) is 2.86. The van der Waals surface area contributed by atoms with Crippen LogP contribution < -0.4 is 9.62 Å². The van der Waals surface area contributed by atoms with Gasteiger partial charge in [0, 0.05) is 5.39 Å². The van der Waals surface area contributed by atoms with Crippen LogP contribution in [0.3, 0.4) is 0 Å². The Morgan fingerprint density at radius 1 is 1.07 bits per heavy atom. The Hall–Kier alpha value is -2.93. The molecule has 0 spiro atoms. The Balaban J connectivity index is 1.59. The Kier molecular flexibility index (Phi) is 4.11. The highest BCUT2D eigenvalue weighted by Gasteiger charge is 2.36. The second-order valence-electron chi connectivity index (χ2n) is 6.48. The summed E-state index contributed by atoms with van der Waals surface area (Å²) in [5, 5.41) is 4.23. The van der Waals surface area contributed by atoms with Crippen LogP contribution in [0.15, 0.2) is 65.6 Å². The van der Waals surface area contributed by atoms with E-state index in [0.29, 0.717) is 11.1 Å². The molecule has 0 saturated heterocycles. The second kappa shape index (κ2) is 6.35. The normalized spacial score (nSPS) is 15.7. The van der Waals surface area contributed by atoms with Gasteiger partial charge in [-0.3, -0.25) is 9.10 Å². The molecule has 1 heterocycles. The fourth-order valence-corrected chi connectivity index (χ4v) is 5.05. The number of rotatable bonds is 4. The minimum absolute atomic E-state index is 0.218. The Morgan fingerprint density at radius 3 is 2.44 bits per heavy atom. The van der Waals surface area contributed by atoms with E-state index in [1.54, 1.807) is 43.3 Å². The highest BCUT2D eigenvalue weighted by atomic mass is 32.2. The van der Waals surface area contributed by atoms with E-state index in [0.717, 1.165) is 15.3 Å². The molecule has 0 aliphatic carbocycles. The number of halogens is 1. The molecule has 0 bridgehead atoms.